The molecule has 1 fully saturated rings. The van der Waals surface area contributed by atoms with Gasteiger partial charge in [0.1, 0.15) is 5.82 Å². The Hall–Kier alpha value is -0.410. The summed E-state index contributed by atoms with van der Waals surface area (Å²) in [7, 11) is 0. The number of halogens is 2. The molecule has 0 saturated heterocycles. The van der Waals surface area contributed by atoms with E-state index in [9.17, 15) is 4.39 Å². The summed E-state index contributed by atoms with van der Waals surface area (Å²) in [5.74, 6) is 0.740. The summed E-state index contributed by atoms with van der Waals surface area (Å²) in [5.41, 5.74) is 6.33. The minimum atomic E-state index is -0.115. The van der Waals surface area contributed by atoms with E-state index in [1.54, 1.807) is 0 Å². The van der Waals surface area contributed by atoms with Crippen LogP contribution in [0.1, 0.15) is 17.9 Å². The summed E-state index contributed by atoms with van der Waals surface area (Å²) < 4.78 is 14.2. The van der Waals surface area contributed by atoms with Gasteiger partial charge in [-0.2, -0.15) is 0 Å². The molecule has 2 atom stereocenters. The maximum atomic E-state index is 13.4. The average Bonchev–Trinajstić information content (AvgIpc) is 2.83. The van der Waals surface area contributed by atoms with E-state index in [0.717, 1.165) is 16.5 Å². The Labute approximate surface area is 85.3 Å². The first-order valence-corrected chi connectivity index (χ1v) is 5.16. The topological polar surface area (TPSA) is 26.0 Å². The summed E-state index contributed by atoms with van der Waals surface area (Å²) >= 11 is 3.23. The standard InChI is InChI=1S/C10H11BrFN/c11-7-1-2-8(10(12)4-7)9-3-6(9)5-13/h1-2,4,6,9H,3,5,13H2/t6-,9+/m0/s1. The second kappa shape index (κ2) is 3.39. The van der Waals surface area contributed by atoms with E-state index in [4.69, 9.17) is 5.73 Å². The van der Waals surface area contributed by atoms with E-state index >= 15 is 0 Å². The lowest BCUT2D eigenvalue weighted by molar-refractivity contribution is 0.605. The van der Waals surface area contributed by atoms with E-state index in [0.29, 0.717) is 18.4 Å². The van der Waals surface area contributed by atoms with Crippen LogP contribution in [0.5, 0.6) is 0 Å². The number of hydrogen-bond acceptors (Lipinski definition) is 1. The van der Waals surface area contributed by atoms with Gasteiger partial charge in [0.05, 0.1) is 0 Å². The minimum Gasteiger partial charge on any atom is -0.330 e. The maximum absolute atomic E-state index is 13.4. The summed E-state index contributed by atoms with van der Waals surface area (Å²) in [4.78, 5) is 0. The molecule has 0 radical (unpaired) electrons. The largest absolute Gasteiger partial charge is 0.330 e. The van der Waals surface area contributed by atoms with Crippen molar-refractivity contribution in [3.63, 3.8) is 0 Å². The van der Waals surface area contributed by atoms with Gasteiger partial charge in [-0.05, 0) is 42.5 Å². The van der Waals surface area contributed by atoms with Crippen molar-refractivity contribution in [1.82, 2.24) is 0 Å². The third-order valence-electron chi connectivity index (χ3n) is 2.59. The molecule has 0 bridgehead atoms. The molecule has 2 rings (SSSR count). The van der Waals surface area contributed by atoms with Gasteiger partial charge in [-0.25, -0.2) is 4.39 Å². The van der Waals surface area contributed by atoms with Crippen LogP contribution in [0, 0.1) is 11.7 Å². The molecular formula is C10H11BrFN. The van der Waals surface area contributed by atoms with Gasteiger partial charge in [-0.1, -0.05) is 22.0 Å². The van der Waals surface area contributed by atoms with Crippen LogP contribution in [0.25, 0.3) is 0 Å². The number of rotatable bonds is 2. The van der Waals surface area contributed by atoms with Crippen molar-refractivity contribution in [2.75, 3.05) is 6.54 Å². The molecule has 1 aliphatic rings. The van der Waals surface area contributed by atoms with Crippen LogP contribution in [-0.4, -0.2) is 6.54 Å². The van der Waals surface area contributed by atoms with Crippen molar-refractivity contribution in [3.8, 4) is 0 Å². The Morgan fingerprint density at radius 1 is 1.54 bits per heavy atom. The van der Waals surface area contributed by atoms with Crippen LogP contribution in [-0.2, 0) is 0 Å². The molecule has 0 amide bonds. The molecule has 1 nitrogen and oxygen atoms in total. The highest BCUT2D eigenvalue weighted by molar-refractivity contribution is 9.10. The Morgan fingerprint density at radius 3 is 2.85 bits per heavy atom. The summed E-state index contributed by atoms with van der Waals surface area (Å²) in [6.45, 7) is 0.667. The summed E-state index contributed by atoms with van der Waals surface area (Å²) in [6.07, 6.45) is 1.04. The Balaban J connectivity index is 2.22. The number of nitrogens with two attached hydrogens (primary N) is 1. The van der Waals surface area contributed by atoms with Crippen molar-refractivity contribution < 1.29 is 4.39 Å². The summed E-state index contributed by atoms with van der Waals surface area (Å²) in [5, 5.41) is 0. The van der Waals surface area contributed by atoms with Crippen LogP contribution < -0.4 is 5.73 Å². The Kier molecular flexibility index (Phi) is 2.39. The second-order valence-electron chi connectivity index (χ2n) is 3.50. The zero-order valence-electron chi connectivity index (χ0n) is 7.13. The molecule has 0 spiro atoms. The first-order chi connectivity index (χ1) is 6.22. The predicted molar refractivity (Wildman–Crippen MR) is 54.0 cm³/mol. The molecule has 0 aliphatic heterocycles. The van der Waals surface area contributed by atoms with Crippen LogP contribution >= 0.6 is 15.9 Å². The smallest absolute Gasteiger partial charge is 0.127 e. The van der Waals surface area contributed by atoms with Gasteiger partial charge in [-0.15, -0.1) is 0 Å². The maximum Gasteiger partial charge on any atom is 0.127 e. The SMILES string of the molecule is NC[C@@H]1C[C@H]1c1ccc(Br)cc1F. The Morgan fingerprint density at radius 2 is 2.31 bits per heavy atom. The highest BCUT2D eigenvalue weighted by atomic mass is 79.9. The van der Waals surface area contributed by atoms with E-state index in [1.165, 1.54) is 6.07 Å². The normalized spacial score (nSPS) is 26.1. The highest BCUT2D eigenvalue weighted by Crippen LogP contribution is 2.47. The lowest BCUT2D eigenvalue weighted by atomic mass is 10.1. The first kappa shape index (κ1) is 9.16. The third-order valence-corrected chi connectivity index (χ3v) is 3.08. The molecule has 0 unspecified atom stereocenters. The van der Waals surface area contributed by atoms with E-state index in [1.807, 2.05) is 12.1 Å². The van der Waals surface area contributed by atoms with Gasteiger partial charge in [-0.3, -0.25) is 0 Å². The molecule has 1 aromatic rings. The van der Waals surface area contributed by atoms with E-state index in [-0.39, 0.29) is 5.82 Å². The minimum absolute atomic E-state index is 0.115. The molecule has 1 saturated carbocycles. The highest BCUT2D eigenvalue weighted by Gasteiger charge is 2.38. The molecule has 70 valence electrons. The van der Waals surface area contributed by atoms with Crippen LogP contribution in [0.3, 0.4) is 0 Å². The van der Waals surface area contributed by atoms with Crippen molar-refractivity contribution in [2.45, 2.75) is 12.3 Å². The molecule has 1 aliphatic carbocycles. The number of hydrogen-bond donors (Lipinski definition) is 1. The zero-order chi connectivity index (χ0) is 9.42. The van der Waals surface area contributed by atoms with E-state index in [2.05, 4.69) is 15.9 Å². The number of benzene rings is 1. The molecule has 0 heterocycles. The molecule has 3 heteroatoms. The first-order valence-electron chi connectivity index (χ1n) is 4.37. The monoisotopic (exact) mass is 243 g/mol. The fourth-order valence-corrected chi connectivity index (χ4v) is 2.02. The quantitative estimate of drug-likeness (QED) is 0.850. The third kappa shape index (κ3) is 1.76. The van der Waals surface area contributed by atoms with Crippen molar-refractivity contribution in [1.29, 1.82) is 0 Å². The lowest BCUT2D eigenvalue weighted by Gasteiger charge is -2.01. The molecule has 2 N–H and O–H groups in total. The van der Waals surface area contributed by atoms with Crippen molar-refractivity contribution in [2.24, 2.45) is 11.7 Å². The van der Waals surface area contributed by atoms with Gasteiger partial charge in [0, 0.05) is 4.47 Å². The fraction of sp³-hybridized carbons (Fsp3) is 0.400. The van der Waals surface area contributed by atoms with Crippen molar-refractivity contribution in [3.05, 3.63) is 34.1 Å². The lowest BCUT2D eigenvalue weighted by Crippen LogP contribution is -2.02. The molecule has 0 aromatic heterocycles. The zero-order valence-corrected chi connectivity index (χ0v) is 8.72. The summed E-state index contributed by atoms with van der Waals surface area (Å²) in [6, 6.07) is 5.24. The van der Waals surface area contributed by atoms with E-state index < -0.39 is 0 Å². The van der Waals surface area contributed by atoms with Crippen LogP contribution in [0.2, 0.25) is 0 Å². The molecular weight excluding hydrogens is 233 g/mol. The predicted octanol–water partition coefficient (Wildman–Crippen LogP) is 2.65. The van der Waals surface area contributed by atoms with Gasteiger partial charge >= 0.3 is 0 Å². The van der Waals surface area contributed by atoms with Gasteiger partial charge in [0.25, 0.3) is 0 Å². The van der Waals surface area contributed by atoms with Gasteiger partial charge < -0.3 is 5.73 Å². The molecule has 13 heavy (non-hydrogen) atoms. The molecule has 1 aromatic carbocycles. The Bertz CT molecular complexity index is 327. The van der Waals surface area contributed by atoms with Gasteiger partial charge in [0.2, 0.25) is 0 Å². The van der Waals surface area contributed by atoms with Gasteiger partial charge in [0.15, 0.2) is 0 Å². The average molecular weight is 244 g/mol. The van der Waals surface area contributed by atoms with Crippen molar-refractivity contribution >= 4 is 15.9 Å². The second-order valence-corrected chi connectivity index (χ2v) is 4.42. The van der Waals surface area contributed by atoms with Crippen LogP contribution in [0.4, 0.5) is 4.39 Å². The van der Waals surface area contributed by atoms with Crippen LogP contribution in [0.15, 0.2) is 22.7 Å². The fourth-order valence-electron chi connectivity index (χ4n) is 1.69.